The molecule has 1 fully saturated rings. The second-order valence-corrected chi connectivity index (χ2v) is 5.79. The van der Waals surface area contributed by atoms with E-state index in [9.17, 15) is 14.3 Å². The number of hydrogen-bond acceptors (Lipinski definition) is 2. The van der Waals surface area contributed by atoms with Gasteiger partial charge in [0.2, 0.25) is 0 Å². The van der Waals surface area contributed by atoms with Crippen molar-refractivity contribution >= 4 is 17.0 Å². The van der Waals surface area contributed by atoms with Gasteiger partial charge in [-0.2, -0.15) is 0 Å². The number of imidazole rings is 1. The molecule has 3 rings (SSSR count). The molecule has 2 aromatic rings. The largest absolute Gasteiger partial charge is 0.481 e. The maximum absolute atomic E-state index is 13.3. The van der Waals surface area contributed by atoms with Crippen LogP contribution in [0.5, 0.6) is 0 Å². The Morgan fingerprint density at radius 2 is 2.20 bits per heavy atom. The quantitative estimate of drug-likeness (QED) is 0.917. The number of rotatable bonds is 2. The molecule has 1 aromatic heterocycles. The minimum atomic E-state index is -0.766. The number of aliphatic carboxylic acids is 1. The molecule has 4 nitrogen and oxygen atoms in total. The minimum Gasteiger partial charge on any atom is -0.481 e. The molecule has 0 spiro atoms. The number of aryl methyl sites for hydroxylation is 1. The van der Waals surface area contributed by atoms with E-state index in [0.29, 0.717) is 23.4 Å². The summed E-state index contributed by atoms with van der Waals surface area (Å²) in [4.78, 5) is 15.9. The molecule has 1 saturated carbocycles. The number of carbonyl (C=O) groups is 1. The second-order valence-electron chi connectivity index (χ2n) is 5.79. The van der Waals surface area contributed by atoms with Crippen LogP contribution in [0.3, 0.4) is 0 Å². The van der Waals surface area contributed by atoms with Gasteiger partial charge in [-0.05, 0) is 37.0 Å². The highest BCUT2D eigenvalue weighted by Crippen LogP contribution is 2.43. The first-order valence-electron chi connectivity index (χ1n) is 6.82. The lowest BCUT2D eigenvalue weighted by atomic mass is 9.95. The molecular formula is C15H17FN2O2. The van der Waals surface area contributed by atoms with Crippen molar-refractivity contribution in [2.24, 2.45) is 18.9 Å². The minimum absolute atomic E-state index is 0.0945. The summed E-state index contributed by atoms with van der Waals surface area (Å²) in [5.74, 6) is -0.437. The van der Waals surface area contributed by atoms with E-state index in [1.165, 1.54) is 12.1 Å². The molecule has 5 heteroatoms. The number of hydrogen-bond donors (Lipinski definition) is 1. The normalized spacial score (nSPS) is 26.2. The number of halogens is 1. The molecule has 0 bridgehead atoms. The maximum atomic E-state index is 13.3. The molecule has 1 aliphatic rings. The van der Waals surface area contributed by atoms with Crippen molar-refractivity contribution in [3.05, 3.63) is 29.8 Å². The number of carboxylic acids is 1. The molecule has 0 aliphatic heterocycles. The highest BCUT2D eigenvalue weighted by molar-refractivity contribution is 5.77. The van der Waals surface area contributed by atoms with E-state index in [-0.39, 0.29) is 11.7 Å². The number of fused-ring (bicyclic) bond motifs is 1. The van der Waals surface area contributed by atoms with Crippen molar-refractivity contribution in [1.82, 2.24) is 9.55 Å². The Balaban J connectivity index is 2.09. The van der Waals surface area contributed by atoms with Crippen LogP contribution in [0.1, 0.15) is 31.5 Å². The Morgan fingerprint density at radius 1 is 1.45 bits per heavy atom. The zero-order chi connectivity index (χ0) is 14.4. The van der Waals surface area contributed by atoms with Crippen molar-refractivity contribution in [2.45, 2.75) is 25.7 Å². The van der Waals surface area contributed by atoms with Gasteiger partial charge in [0.1, 0.15) is 11.6 Å². The summed E-state index contributed by atoms with van der Waals surface area (Å²) in [7, 11) is 1.83. The third-order valence-corrected chi connectivity index (χ3v) is 4.32. The van der Waals surface area contributed by atoms with E-state index in [1.54, 1.807) is 6.07 Å². The van der Waals surface area contributed by atoms with Crippen molar-refractivity contribution in [2.75, 3.05) is 0 Å². The molecular weight excluding hydrogens is 259 g/mol. The maximum Gasteiger partial charge on any atom is 0.307 e. The molecule has 3 unspecified atom stereocenters. The third kappa shape index (κ3) is 1.97. The van der Waals surface area contributed by atoms with Crippen LogP contribution in [0.25, 0.3) is 11.0 Å². The van der Waals surface area contributed by atoms with E-state index in [0.717, 1.165) is 12.2 Å². The lowest BCUT2D eigenvalue weighted by Gasteiger charge is -2.15. The van der Waals surface area contributed by atoms with E-state index in [2.05, 4.69) is 11.9 Å². The van der Waals surface area contributed by atoms with Gasteiger partial charge >= 0.3 is 5.97 Å². The molecule has 1 aliphatic carbocycles. The Bertz CT molecular complexity index is 680. The van der Waals surface area contributed by atoms with Crippen LogP contribution in [0.4, 0.5) is 4.39 Å². The fourth-order valence-corrected chi connectivity index (χ4v) is 3.36. The summed E-state index contributed by atoms with van der Waals surface area (Å²) in [5.41, 5.74) is 1.43. The van der Waals surface area contributed by atoms with Crippen molar-refractivity contribution in [3.8, 4) is 0 Å². The summed E-state index contributed by atoms with van der Waals surface area (Å²) in [6.45, 7) is 2.07. The molecule has 1 aromatic carbocycles. The van der Waals surface area contributed by atoms with Crippen molar-refractivity contribution in [3.63, 3.8) is 0 Å². The predicted molar refractivity (Wildman–Crippen MR) is 72.9 cm³/mol. The van der Waals surface area contributed by atoms with Crippen LogP contribution >= 0.6 is 0 Å². The first kappa shape index (κ1) is 13.1. The van der Waals surface area contributed by atoms with Gasteiger partial charge in [0.05, 0.1) is 17.0 Å². The van der Waals surface area contributed by atoms with Gasteiger partial charge in [0.15, 0.2) is 0 Å². The average Bonchev–Trinajstić information content (AvgIpc) is 2.91. The average molecular weight is 276 g/mol. The van der Waals surface area contributed by atoms with Gasteiger partial charge in [0, 0.05) is 13.0 Å². The van der Waals surface area contributed by atoms with Crippen LogP contribution in [0.15, 0.2) is 18.2 Å². The Hall–Kier alpha value is -1.91. The second kappa shape index (κ2) is 4.58. The Kier molecular flexibility index (Phi) is 3.00. The summed E-state index contributed by atoms with van der Waals surface area (Å²) in [5, 5.41) is 9.38. The zero-order valence-electron chi connectivity index (χ0n) is 11.5. The highest BCUT2D eigenvalue weighted by Gasteiger charge is 2.40. The fourth-order valence-electron chi connectivity index (χ4n) is 3.36. The standard InChI is InChI=1S/C15H17FN2O2/c1-8-5-10(11(6-8)15(19)20)14-17-12-4-3-9(16)7-13(12)18(14)2/h3-4,7-8,10-11H,5-6H2,1-2H3,(H,19,20). The molecule has 20 heavy (non-hydrogen) atoms. The van der Waals surface area contributed by atoms with Gasteiger partial charge < -0.3 is 9.67 Å². The van der Waals surface area contributed by atoms with Gasteiger partial charge in [-0.15, -0.1) is 0 Å². The van der Waals surface area contributed by atoms with E-state index in [1.807, 2.05) is 11.6 Å². The van der Waals surface area contributed by atoms with Gasteiger partial charge in [0.25, 0.3) is 0 Å². The van der Waals surface area contributed by atoms with Crippen molar-refractivity contribution < 1.29 is 14.3 Å². The van der Waals surface area contributed by atoms with Crippen LogP contribution in [-0.2, 0) is 11.8 Å². The monoisotopic (exact) mass is 276 g/mol. The lowest BCUT2D eigenvalue weighted by molar-refractivity contribution is -0.142. The van der Waals surface area contributed by atoms with E-state index < -0.39 is 11.9 Å². The summed E-state index contributed by atoms with van der Waals surface area (Å²) < 4.78 is 15.2. The molecule has 1 N–H and O–H groups in total. The molecule has 3 atom stereocenters. The van der Waals surface area contributed by atoms with Crippen LogP contribution in [0, 0.1) is 17.7 Å². The summed E-state index contributed by atoms with van der Waals surface area (Å²) in [6, 6.07) is 4.47. The highest BCUT2D eigenvalue weighted by atomic mass is 19.1. The first-order chi connectivity index (χ1) is 9.47. The zero-order valence-corrected chi connectivity index (χ0v) is 11.5. The molecule has 0 amide bonds. The van der Waals surface area contributed by atoms with E-state index in [4.69, 9.17) is 0 Å². The van der Waals surface area contributed by atoms with Crippen LogP contribution < -0.4 is 0 Å². The molecule has 0 saturated heterocycles. The number of nitrogens with zero attached hydrogens (tertiary/aromatic N) is 2. The molecule has 106 valence electrons. The molecule has 0 radical (unpaired) electrons. The SMILES string of the molecule is CC1CC(C(=O)O)C(c2nc3ccc(F)cc3n2C)C1. The first-order valence-corrected chi connectivity index (χ1v) is 6.82. The Morgan fingerprint density at radius 3 is 2.90 bits per heavy atom. The number of benzene rings is 1. The van der Waals surface area contributed by atoms with Gasteiger partial charge in [-0.1, -0.05) is 6.92 Å². The Labute approximate surface area is 116 Å². The smallest absolute Gasteiger partial charge is 0.307 e. The summed E-state index contributed by atoms with van der Waals surface area (Å²) in [6.07, 6.45) is 1.49. The van der Waals surface area contributed by atoms with Crippen LogP contribution in [-0.4, -0.2) is 20.6 Å². The predicted octanol–water partition coefficient (Wildman–Crippen LogP) is 2.93. The van der Waals surface area contributed by atoms with Crippen LogP contribution in [0.2, 0.25) is 0 Å². The fraction of sp³-hybridized carbons (Fsp3) is 0.467. The van der Waals surface area contributed by atoms with Gasteiger partial charge in [-0.3, -0.25) is 4.79 Å². The third-order valence-electron chi connectivity index (χ3n) is 4.32. The van der Waals surface area contributed by atoms with E-state index >= 15 is 0 Å². The topological polar surface area (TPSA) is 55.1 Å². The number of aromatic nitrogens is 2. The lowest BCUT2D eigenvalue weighted by Crippen LogP contribution is -2.19. The van der Waals surface area contributed by atoms with Gasteiger partial charge in [-0.25, -0.2) is 9.37 Å². The number of carboxylic acid groups (broad SMARTS) is 1. The summed E-state index contributed by atoms with van der Waals surface area (Å²) >= 11 is 0. The molecule has 1 heterocycles. The van der Waals surface area contributed by atoms with Crippen molar-refractivity contribution in [1.29, 1.82) is 0 Å².